The van der Waals surface area contributed by atoms with Crippen molar-refractivity contribution in [3.05, 3.63) is 22.4 Å². The van der Waals surface area contributed by atoms with Gasteiger partial charge in [-0.15, -0.1) is 11.3 Å². The van der Waals surface area contributed by atoms with Crippen LogP contribution in [0.25, 0.3) is 0 Å². The quantitative estimate of drug-likeness (QED) is 0.546. The Morgan fingerprint density at radius 3 is 2.64 bits per heavy atom. The number of hydrogen-bond donors (Lipinski definition) is 2. The Morgan fingerprint density at radius 1 is 1.28 bits per heavy atom. The number of nitrogens with zero attached hydrogens (tertiary/aromatic N) is 2. The van der Waals surface area contributed by atoms with Crippen molar-refractivity contribution in [2.24, 2.45) is 10.9 Å². The Bertz CT molecular complexity index is 502. The van der Waals surface area contributed by atoms with Gasteiger partial charge in [0.2, 0.25) is 0 Å². The second-order valence-electron chi connectivity index (χ2n) is 7.65. The Morgan fingerprint density at radius 2 is 2.04 bits per heavy atom. The Labute approximate surface area is 158 Å². The van der Waals surface area contributed by atoms with E-state index in [0.29, 0.717) is 0 Å². The van der Waals surface area contributed by atoms with E-state index in [9.17, 15) is 0 Å². The first-order valence-corrected chi connectivity index (χ1v) is 10.7. The number of nitrogens with one attached hydrogen (secondary N) is 2. The lowest BCUT2D eigenvalue weighted by molar-refractivity contribution is 0.187. The maximum Gasteiger partial charge on any atom is 0.191 e. The number of piperidine rings is 1. The Kier molecular flexibility index (Phi) is 8.24. The third-order valence-electron chi connectivity index (χ3n) is 5.16. The number of guanidine groups is 1. The molecule has 0 saturated carbocycles. The summed E-state index contributed by atoms with van der Waals surface area (Å²) in [7, 11) is 0. The molecule has 1 fully saturated rings. The van der Waals surface area contributed by atoms with Crippen LogP contribution in [0.1, 0.15) is 51.8 Å². The van der Waals surface area contributed by atoms with Crippen molar-refractivity contribution in [2.45, 2.75) is 52.4 Å². The minimum atomic E-state index is 0.0868. The molecule has 1 aliphatic rings. The third kappa shape index (κ3) is 6.63. The molecule has 1 saturated heterocycles. The highest BCUT2D eigenvalue weighted by atomic mass is 32.1. The van der Waals surface area contributed by atoms with Crippen LogP contribution in [0.15, 0.2) is 22.5 Å². The molecule has 142 valence electrons. The van der Waals surface area contributed by atoms with Crippen LogP contribution in [-0.4, -0.2) is 50.1 Å². The van der Waals surface area contributed by atoms with Gasteiger partial charge in [-0.05, 0) is 63.2 Å². The second kappa shape index (κ2) is 10.2. The fourth-order valence-corrected chi connectivity index (χ4v) is 4.19. The first-order valence-electron chi connectivity index (χ1n) is 9.83. The molecule has 0 aromatic carbocycles. The van der Waals surface area contributed by atoms with Crippen LogP contribution in [0, 0.1) is 5.92 Å². The summed E-state index contributed by atoms with van der Waals surface area (Å²) in [5.41, 5.74) is 0.0868. The van der Waals surface area contributed by atoms with E-state index in [1.165, 1.54) is 43.8 Å². The van der Waals surface area contributed by atoms with Crippen LogP contribution in [0.4, 0.5) is 0 Å². The van der Waals surface area contributed by atoms with Crippen LogP contribution >= 0.6 is 11.3 Å². The van der Waals surface area contributed by atoms with Crippen LogP contribution in [0.3, 0.4) is 0 Å². The highest BCUT2D eigenvalue weighted by Gasteiger charge is 2.21. The van der Waals surface area contributed by atoms with Gasteiger partial charge < -0.3 is 15.5 Å². The maximum absolute atomic E-state index is 4.84. The number of likely N-dealkylation sites (tertiary alicyclic amines) is 1. The van der Waals surface area contributed by atoms with Gasteiger partial charge in [-0.1, -0.05) is 26.8 Å². The molecule has 0 amide bonds. The summed E-state index contributed by atoms with van der Waals surface area (Å²) in [4.78, 5) is 8.80. The van der Waals surface area contributed by atoms with Crippen molar-refractivity contribution in [1.29, 1.82) is 0 Å². The number of thiophene rings is 1. The zero-order valence-electron chi connectivity index (χ0n) is 16.5. The molecule has 2 heterocycles. The molecule has 1 aromatic heterocycles. The van der Waals surface area contributed by atoms with Crippen molar-refractivity contribution in [3.8, 4) is 0 Å². The molecule has 0 atom stereocenters. The molecule has 25 heavy (non-hydrogen) atoms. The molecule has 1 aliphatic heterocycles. The Hall–Kier alpha value is -1.07. The predicted octanol–water partition coefficient (Wildman–Crippen LogP) is 3.70. The van der Waals surface area contributed by atoms with Gasteiger partial charge in [0.15, 0.2) is 5.96 Å². The van der Waals surface area contributed by atoms with Crippen molar-refractivity contribution >= 4 is 17.3 Å². The molecule has 0 radical (unpaired) electrons. The first-order chi connectivity index (χ1) is 12.0. The SMILES string of the molecule is CCNC(=NCC(C)(C)c1cccs1)NCCC1CCN(CC)CC1. The summed E-state index contributed by atoms with van der Waals surface area (Å²) in [6, 6.07) is 4.34. The molecule has 2 N–H and O–H groups in total. The lowest BCUT2D eigenvalue weighted by Crippen LogP contribution is -2.40. The van der Waals surface area contributed by atoms with E-state index in [1.54, 1.807) is 0 Å². The van der Waals surface area contributed by atoms with Crippen molar-refractivity contribution < 1.29 is 0 Å². The van der Waals surface area contributed by atoms with E-state index in [0.717, 1.165) is 31.5 Å². The highest BCUT2D eigenvalue weighted by molar-refractivity contribution is 7.10. The van der Waals surface area contributed by atoms with Gasteiger partial charge in [0.25, 0.3) is 0 Å². The largest absolute Gasteiger partial charge is 0.357 e. The summed E-state index contributed by atoms with van der Waals surface area (Å²) >= 11 is 1.82. The molecule has 0 bridgehead atoms. The van der Waals surface area contributed by atoms with E-state index < -0.39 is 0 Å². The van der Waals surface area contributed by atoms with E-state index in [4.69, 9.17) is 4.99 Å². The van der Waals surface area contributed by atoms with Gasteiger partial charge in [-0.25, -0.2) is 0 Å². The third-order valence-corrected chi connectivity index (χ3v) is 6.40. The smallest absolute Gasteiger partial charge is 0.191 e. The standard InChI is InChI=1S/C20H36N4S/c1-5-21-19(23-16-20(3,4)18-8-7-15-25-18)22-12-9-17-10-13-24(6-2)14-11-17/h7-8,15,17H,5-6,9-14,16H2,1-4H3,(H2,21,22,23). The van der Waals surface area contributed by atoms with E-state index in [2.05, 4.69) is 60.7 Å². The number of aliphatic imine (C=N–C) groups is 1. The highest BCUT2D eigenvalue weighted by Crippen LogP contribution is 2.27. The van der Waals surface area contributed by atoms with Crippen molar-refractivity contribution in [2.75, 3.05) is 39.3 Å². The molecule has 4 nitrogen and oxygen atoms in total. The van der Waals surface area contributed by atoms with Gasteiger partial charge in [0, 0.05) is 23.4 Å². The van der Waals surface area contributed by atoms with E-state index >= 15 is 0 Å². The van der Waals surface area contributed by atoms with Gasteiger partial charge in [0.1, 0.15) is 0 Å². The average molecular weight is 365 g/mol. The average Bonchev–Trinajstić information content (AvgIpc) is 3.16. The zero-order valence-corrected chi connectivity index (χ0v) is 17.3. The molecular weight excluding hydrogens is 328 g/mol. The minimum absolute atomic E-state index is 0.0868. The molecule has 0 unspecified atom stereocenters. The Balaban J connectivity index is 1.78. The monoisotopic (exact) mass is 364 g/mol. The van der Waals surface area contributed by atoms with Gasteiger partial charge in [-0.3, -0.25) is 4.99 Å². The lowest BCUT2D eigenvalue weighted by Gasteiger charge is -2.31. The summed E-state index contributed by atoms with van der Waals surface area (Å²) in [5.74, 6) is 1.82. The zero-order chi connectivity index (χ0) is 18.1. The minimum Gasteiger partial charge on any atom is -0.357 e. The van der Waals surface area contributed by atoms with E-state index in [1.807, 2.05) is 11.3 Å². The second-order valence-corrected chi connectivity index (χ2v) is 8.60. The summed E-state index contributed by atoms with van der Waals surface area (Å²) < 4.78 is 0. The van der Waals surface area contributed by atoms with Gasteiger partial charge >= 0.3 is 0 Å². The summed E-state index contributed by atoms with van der Waals surface area (Å²) in [5, 5.41) is 9.08. The first kappa shape index (κ1) is 20.2. The van der Waals surface area contributed by atoms with Crippen molar-refractivity contribution in [3.63, 3.8) is 0 Å². The van der Waals surface area contributed by atoms with Crippen LogP contribution < -0.4 is 10.6 Å². The molecule has 5 heteroatoms. The normalized spacial score (nSPS) is 17.7. The number of rotatable bonds is 8. The van der Waals surface area contributed by atoms with Crippen LogP contribution in [-0.2, 0) is 5.41 Å². The molecule has 0 spiro atoms. The molecule has 0 aliphatic carbocycles. The van der Waals surface area contributed by atoms with E-state index in [-0.39, 0.29) is 5.41 Å². The van der Waals surface area contributed by atoms with Gasteiger partial charge in [-0.2, -0.15) is 0 Å². The lowest BCUT2D eigenvalue weighted by atomic mass is 9.92. The summed E-state index contributed by atoms with van der Waals surface area (Å²) in [6.07, 6.45) is 3.93. The molecular formula is C20H36N4S. The molecule has 2 rings (SSSR count). The maximum atomic E-state index is 4.84. The van der Waals surface area contributed by atoms with Crippen molar-refractivity contribution in [1.82, 2.24) is 15.5 Å². The summed E-state index contributed by atoms with van der Waals surface area (Å²) in [6.45, 7) is 15.4. The topological polar surface area (TPSA) is 39.7 Å². The predicted molar refractivity (Wildman–Crippen MR) is 111 cm³/mol. The van der Waals surface area contributed by atoms with Gasteiger partial charge in [0.05, 0.1) is 6.54 Å². The fraction of sp³-hybridized carbons (Fsp3) is 0.750. The number of hydrogen-bond acceptors (Lipinski definition) is 3. The van der Waals surface area contributed by atoms with Crippen LogP contribution in [0.5, 0.6) is 0 Å². The molecule has 1 aromatic rings. The van der Waals surface area contributed by atoms with Crippen LogP contribution in [0.2, 0.25) is 0 Å². The fourth-order valence-electron chi connectivity index (χ4n) is 3.35.